The van der Waals surface area contributed by atoms with E-state index in [4.69, 9.17) is 0 Å². The molecule has 2 aromatic carbocycles. The minimum absolute atomic E-state index is 0.0201. The van der Waals surface area contributed by atoms with Crippen LogP contribution in [0.25, 0.3) is 0 Å². The van der Waals surface area contributed by atoms with Gasteiger partial charge in [0.2, 0.25) is 10.0 Å². The first-order chi connectivity index (χ1) is 11.2. The molecule has 0 aliphatic carbocycles. The predicted octanol–water partition coefficient (Wildman–Crippen LogP) is 3.34. The predicted molar refractivity (Wildman–Crippen MR) is 98.2 cm³/mol. The molecule has 0 heterocycles. The van der Waals surface area contributed by atoms with E-state index in [1.54, 1.807) is 43.1 Å². The van der Waals surface area contributed by atoms with E-state index in [2.05, 4.69) is 4.72 Å². The normalized spacial score (nSPS) is 11.2. The monoisotopic (exact) mass is 346 g/mol. The molecule has 6 heteroatoms. The first kappa shape index (κ1) is 18.0. The highest BCUT2D eigenvalue weighted by Crippen LogP contribution is 2.21. The number of carbonyl (C=O) groups excluding carboxylic acids is 1. The average molecular weight is 346 g/mol. The van der Waals surface area contributed by atoms with Crippen molar-refractivity contribution >= 4 is 27.3 Å². The number of anilines is 2. The zero-order valence-corrected chi connectivity index (χ0v) is 15.1. The Kier molecular flexibility index (Phi) is 5.29. The van der Waals surface area contributed by atoms with Crippen LogP contribution in [0.2, 0.25) is 0 Å². The standard InChI is InChI=1S/C18H22N2O3S/c1-5-24(22,23)19-16-8-6-7-15(12-16)18(21)20(4)17-10-9-13(2)14(3)11-17/h6-12,19H,5H2,1-4H3. The summed E-state index contributed by atoms with van der Waals surface area (Å²) in [6, 6.07) is 12.3. The lowest BCUT2D eigenvalue weighted by atomic mass is 10.1. The summed E-state index contributed by atoms with van der Waals surface area (Å²) in [4.78, 5) is 14.2. The van der Waals surface area contributed by atoms with Crippen molar-refractivity contribution in [1.82, 2.24) is 0 Å². The average Bonchev–Trinajstić information content (AvgIpc) is 2.56. The number of nitrogens with one attached hydrogen (secondary N) is 1. The second kappa shape index (κ2) is 7.05. The van der Waals surface area contributed by atoms with Crippen molar-refractivity contribution < 1.29 is 13.2 Å². The molecule has 0 saturated heterocycles. The number of nitrogens with zero attached hydrogens (tertiary/aromatic N) is 1. The Balaban J connectivity index is 2.27. The fourth-order valence-corrected chi connectivity index (χ4v) is 2.84. The molecule has 0 aliphatic rings. The lowest BCUT2D eigenvalue weighted by molar-refractivity contribution is 0.0993. The van der Waals surface area contributed by atoms with E-state index in [-0.39, 0.29) is 11.7 Å². The van der Waals surface area contributed by atoms with Gasteiger partial charge in [-0.3, -0.25) is 9.52 Å². The van der Waals surface area contributed by atoms with Crippen LogP contribution in [0.4, 0.5) is 11.4 Å². The quantitative estimate of drug-likeness (QED) is 0.903. The van der Waals surface area contributed by atoms with Crippen LogP contribution in [0.3, 0.4) is 0 Å². The van der Waals surface area contributed by atoms with Gasteiger partial charge in [0.1, 0.15) is 0 Å². The van der Waals surface area contributed by atoms with Crippen molar-refractivity contribution in [3.05, 3.63) is 59.2 Å². The number of carbonyl (C=O) groups is 1. The zero-order valence-electron chi connectivity index (χ0n) is 14.3. The van der Waals surface area contributed by atoms with Crippen molar-refractivity contribution in [3.63, 3.8) is 0 Å². The van der Waals surface area contributed by atoms with E-state index in [1.165, 1.54) is 0 Å². The van der Waals surface area contributed by atoms with Gasteiger partial charge in [0, 0.05) is 24.0 Å². The molecule has 128 valence electrons. The van der Waals surface area contributed by atoms with Crippen LogP contribution in [0, 0.1) is 13.8 Å². The Hall–Kier alpha value is -2.34. The van der Waals surface area contributed by atoms with Crippen molar-refractivity contribution in [2.75, 3.05) is 22.4 Å². The van der Waals surface area contributed by atoms with E-state index in [1.807, 2.05) is 32.0 Å². The molecule has 5 nitrogen and oxygen atoms in total. The number of aryl methyl sites for hydroxylation is 2. The summed E-state index contributed by atoms with van der Waals surface area (Å²) in [7, 11) is -1.67. The minimum Gasteiger partial charge on any atom is -0.311 e. The second-order valence-corrected chi connectivity index (χ2v) is 7.73. The molecule has 0 aromatic heterocycles. The summed E-state index contributed by atoms with van der Waals surface area (Å²) in [5.41, 5.74) is 3.87. The van der Waals surface area contributed by atoms with E-state index in [0.717, 1.165) is 16.8 Å². The molecule has 1 amide bonds. The number of benzene rings is 2. The Labute approximate surface area is 143 Å². The molecule has 0 spiro atoms. The van der Waals surface area contributed by atoms with Gasteiger partial charge >= 0.3 is 0 Å². The number of amides is 1. The van der Waals surface area contributed by atoms with E-state index >= 15 is 0 Å². The van der Waals surface area contributed by atoms with Crippen LogP contribution in [0.1, 0.15) is 28.4 Å². The highest BCUT2D eigenvalue weighted by Gasteiger charge is 2.15. The second-order valence-electron chi connectivity index (χ2n) is 5.72. The SMILES string of the molecule is CCS(=O)(=O)Nc1cccc(C(=O)N(C)c2ccc(C)c(C)c2)c1. The summed E-state index contributed by atoms with van der Waals surface area (Å²) < 4.78 is 25.8. The van der Waals surface area contributed by atoms with Gasteiger partial charge in [-0.25, -0.2) is 8.42 Å². The van der Waals surface area contributed by atoms with E-state index in [0.29, 0.717) is 11.3 Å². The Morgan fingerprint density at radius 2 is 1.79 bits per heavy atom. The summed E-state index contributed by atoms with van der Waals surface area (Å²) in [5, 5.41) is 0. The first-order valence-corrected chi connectivity index (χ1v) is 9.34. The van der Waals surface area contributed by atoms with Gasteiger partial charge in [-0.1, -0.05) is 12.1 Å². The summed E-state index contributed by atoms with van der Waals surface area (Å²) in [6.07, 6.45) is 0. The molecule has 0 bridgehead atoms. The Morgan fingerprint density at radius 1 is 1.08 bits per heavy atom. The molecule has 0 saturated carbocycles. The zero-order chi connectivity index (χ0) is 17.9. The number of hydrogen-bond donors (Lipinski definition) is 1. The van der Waals surface area contributed by atoms with Crippen LogP contribution >= 0.6 is 0 Å². The van der Waals surface area contributed by atoms with Gasteiger partial charge in [0.25, 0.3) is 5.91 Å². The van der Waals surface area contributed by atoms with Gasteiger partial charge in [0.15, 0.2) is 0 Å². The number of sulfonamides is 1. The molecule has 2 aromatic rings. The molecular weight excluding hydrogens is 324 g/mol. The molecule has 0 radical (unpaired) electrons. The van der Waals surface area contributed by atoms with Crippen LogP contribution in [0.5, 0.6) is 0 Å². The summed E-state index contributed by atoms with van der Waals surface area (Å²) in [5.74, 6) is -0.218. The largest absolute Gasteiger partial charge is 0.311 e. The molecule has 0 atom stereocenters. The van der Waals surface area contributed by atoms with Crippen molar-refractivity contribution in [1.29, 1.82) is 0 Å². The maximum Gasteiger partial charge on any atom is 0.258 e. The maximum atomic E-state index is 12.7. The minimum atomic E-state index is -3.37. The lowest BCUT2D eigenvalue weighted by Crippen LogP contribution is -2.26. The Morgan fingerprint density at radius 3 is 2.42 bits per heavy atom. The molecule has 2 rings (SSSR count). The topological polar surface area (TPSA) is 66.5 Å². The van der Waals surface area contributed by atoms with Crippen LogP contribution in [0.15, 0.2) is 42.5 Å². The number of hydrogen-bond acceptors (Lipinski definition) is 3. The smallest absolute Gasteiger partial charge is 0.258 e. The molecule has 0 fully saturated rings. The van der Waals surface area contributed by atoms with Crippen molar-refractivity contribution in [2.45, 2.75) is 20.8 Å². The van der Waals surface area contributed by atoms with Crippen molar-refractivity contribution in [2.24, 2.45) is 0 Å². The van der Waals surface area contributed by atoms with Gasteiger partial charge in [0.05, 0.1) is 5.75 Å². The fraction of sp³-hybridized carbons (Fsp3) is 0.278. The third kappa shape index (κ3) is 4.14. The highest BCUT2D eigenvalue weighted by atomic mass is 32.2. The molecule has 1 N–H and O–H groups in total. The molecule has 24 heavy (non-hydrogen) atoms. The van der Waals surface area contributed by atoms with E-state index < -0.39 is 10.0 Å². The van der Waals surface area contributed by atoms with Crippen LogP contribution in [-0.2, 0) is 10.0 Å². The maximum absolute atomic E-state index is 12.7. The van der Waals surface area contributed by atoms with Gasteiger partial charge in [-0.15, -0.1) is 0 Å². The fourth-order valence-electron chi connectivity index (χ4n) is 2.21. The Bertz CT molecular complexity index is 860. The summed E-state index contributed by atoms with van der Waals surface area (Å²) in [6.45, 7) is 5.58. The van der Waals surface area contributed by atoms with E-state index in [9.17, 15) is 13.2 Å². The van der Waals surface area contributed by atoms with Gasteiger partial charge < -0.3 is 4.90 Å². The number of rotatable bonds is 5. The lowest BCUT2D eigenvalue weighted by Gasteiger charge is -2.19. The van der Waals surface area contributed by atoms with Gasteiger partial charge in [-0.2, -0.15) is 0 Å². The van der Waals surface area contributed by atoms with Gasteiger partial charge in [-0.05, 0) is 62.2 Å². The van der Waals surface area contributed by atoms with Crippen LogP contribution in [-0.4, -0.2) is 27.1 Å². The first-order valence-electron chi connectivity index (χ1n) is 7.69. The molecular formula is C18H22N2O3S. The summed E-state index contributed by atoms with van der Waals surface area (Å²) >= 11 is 0. The van der Waals surface area contributed by atoms with Crippen molar-refractivity contribution in [3.8, 4) is 0 Å². The molecule has 0 aliphatic heterocycles. The third-order valence-electron chi connectivity index (χ3n) is 3.95. The molecule has 0 unspecified atom stereocenters. The highest BCUT2D eigenvalue weighted by molar-refractivity contribution is 7.92. The van der Waals surface area contributed by atoms with Crippen LogP contribution < -0.4 is 9.62 Å². The third-order valence-corrected chi connectivity index (χ3v) is 5.25.